The first-order valence-electron chi connectivity index (χ1n) is 9.84. The van der Waals surface area contributed by atoms with Crippen LogP contribution in [-0.4, -0.2) is 15.9 Å². The van der Waals surface area contributed by atoms with Crippen LogP contribution in [0.2, 0.25) is 0 Å². The minimum atomic E-state index is -0.230. The Balaban J connectivity index is 1.28. The van der Waals surface area contributed by atoms with E-state index in [1.54, 1.807) is 18.7 Å². The smallest absolute Gasteiger partial charge is 0.257 e. The van der Waals surface area contributed by atoms with Gasteiger partial charge in [-0.1, -0.05) is 30.3 Å². The van der Waals surface area contributed by atoms with Gasteiger partial charge in [-0.3, -0.25) is 4.79 Å². The van der Waals surface area contributed by atoms with Crippen molar-refractivity contribution in [3.63, 3.8) is 0 Å². The number of H-pyrrole nitrogens is 1. The van der Waals surface area contributed by atoms with E-state index in [9.17, 15) is 4.79 Å². The molecule has 0 aliphatic rings. The molecule has 5 aromatic rings. The Bertz CT molecular complexity index is 1310. The zero-order valence-electron chi connectivity index (χ0n) is 16.5. The molecule has 2 aromatic carbocycles. The minimum absolute atomic E-state index is 0.230. The van der Waals surface area contributed by atoms with Gasteiger partial charge in [-0.05, 0) is 42.0 Å². The lowest BCUT2D eigenvalue weighted by molar-refractivity contribution is 0.102. The van der Waals surface area contributed by atoms with E-state index in [4.69, 9.17) is 9.15 Å². The third-order valence-corrected chi connectivity index (χ3v) is 4.99. The van der Waals surface area contributed by atoms with Crippen molar-refractivity contribution in [3.05, 3.63) is 103 Å². The monoisotopic (exact) mass is 409 g/mol. The standard InChI is InChI=1S/C25H19N3O3/c29-25(19-12-22-23(18-10-11-30-16-18)14-27-24(22)26-13-19)28-20-6-8-21(9-7-20)31-15-17-4-2-1-3-5-17/h1-14,16H,15H2,(H,26,27)(H,28,29). The largest absolute Gasteiger partial charge is 0.489 e. The first-order chi connectivity index (χ1) is 15.3. The molecule has 3 heterocycles. The Morgan fingerprint density at radius 2 is 1.90 bits per heavy atom. The van der Waals surface area contributed by atoms with Crippen LogP contribution in [0, 0.1) is 0 Å². The van der Waals surface area contributed by atoms with E-state index in [1.165, 1.54) is 0 Å². The number of ether oxygens (including phenoxy) is 1. The first-order valence-corrected chi connectivity index (χ1v) is 9.84. The molecule has 2 N–H and O–H groups in total. The number of pyridine rings is 1. The second kappa shape index (κ2) is 8.20. The number of hydrogen-bond donors (Lipinski definition) is 2. The number of amides is 1. The molecule has 0 saturated heterocycles. The van der Waals surface area contributed by atoms with Crippen molar-refractivity contribution in [3.8, 4) is 16.9 Å². The number of furan rings is 1. The fourth-order valence-electron chi connectivity index (χ4n) is 3.36. The van der Waals surface area contributed by atoms with Gasteiger partial charge in [-0.25, -0.2) is 4.98 Å². The number of benzene rings is 2. The lowest BCUT2D eigenvalue weighted by Crippen LogP contribution is -2.12. The molecule has 5 rings (SSSR count). The van der Waals surface area contributed by atoms with Crippen molar-refractivity contribution in [2.45, 2.75) is 6.61 Å². The van der Waals surface area contributed by atoms with Gasteiger partial charge in [0, 0.05) is 34.6 Å². The summed E-state index contributed by atoms with van der Waals surface area (Å²) in [6, 6.07) is 21.0. The fourth-order valence-corrected chi connectivity index (χ4v) is 3.36. The Morgan fingerprint density at radius 3 is 2.68 bits per heavy atom. The zero-order valence-corrected chi connectivity index (χ0v) is 16.5. The molecule has 0 saturated carbocycles. The molecule has 0 bridgehead atoms. The summed E-state index contributed by atoms with van der Waals surface area (Å²) >= 11 is 0. The van der Waals surface area contributed by atoms with Crippen molar-refractivity contribution >= 4 is 22.6 Å². The van der Waals surface area contributed by atoms with Crippen LogP contribution in [0.3, 0.4) is 0 Å². The van der Waals surface area contributed by atoms with Crippen LogP contribution in [-0.2, 0) is 6.61 Å². The molecule has 152 valence electrons. The maximum Gasteiger partial charge on any atom is 0.257 e. The number of anilines is 1. The summed E-state index contributed by atoms with van der Waals surface area (Å²) in [7, 11) is 0. The van der Waals surface area contributed by atoms with E-state index in [1.807, 2.05) is 72.9 Å². The summed E-state index contributed by atoms with van der Waals surface area (Å²) in [5.41, 5.74) is 4.83. The molecule has 0 atom stereocenters. The number of nitrogens with one attached hydrogen (secondary N) is 2. The molecule has 3 aromatic heterocycles. The van der Waals surface area contributed by atoms with E-state index >= 15 is 0 Å². The molecule has 31 heavy (non-hydrogen) atoms. The van der Waals surface area contributed by atoms with Crippen LogP contribution in [0.15, 0.2) is 96.1 Å². The van der Waals surface area contributed by atoms with Crippen LogP contribution >= 0.6 is 0 Å². The molecule has 6 heteroatoms. The highest BCUT2D eigenvalue weighted by atomic mass is 16.5. The Labute approximate surface area is 178 Å². The van der Waals surface area contributed by atoms with Crippen LogP contribution < -0.4 is 10.1 Å². The number of carbonyl (C=O) groups excluding carboxylic acids is 1. The number of rotatable bonds is 6. The average molecular weight is 409 g/mol. The second-order valence-corrected chi connectivity index (χ2v) is 7.09. The molecule has 0 unspecified atom stereocenters. The second-order valence-electron chi connectivity index (χ2n) is 7.09. The topological polar surface area (TPSA) is 80.1 Å². The summed E-state index contributed by atoms with van der Waals surface area (Å²) < 4.78 is 11.0. The molecular formula is C25H19N3O3. The third kappa shape index (κ3) is 4.04. The molecule has 6 nitrogen and oxygen atoms in total. The van der Waals surface area contributed by atoms with Crippen LogP contribution in [0.1, 0.15) is 15.9 Å². The van der Waals surface area contributed by atoms with Crippen molar-refractivity contribution in [1.82, 2.24) is 9.97 Å². The van der Waals surface area contributed by atoms with E-state index in [-0.39, 0.29) is 5.91 Å². The van der Waals surface area contributed by atoms with Gasteiger partial charge >= 0.3 is 0 Å². The van der Waals surface area contributed by atoms with Crippen LogP contribution in [0.5, 0.6) is 5.75 Å². The number of hydrogen-bond acceptors (Lipinski definition) is 4. The predicted octanol–water partition coefficient (Wildman–Crippen LogP) is 5.65. The predicted molar refractivity (Wildman–Crippen MR) is 119 cm³/mol. The van der Waals surface area contributed by atoms with Crippen molar-refractivity contribution in [2.24, 2.45) is 0 Å². The van der Waals surface area contributed by atoms with Gasteiger partial charge in [0.2, 0.25) is 0 Å². The fraction of sp³-hybridized carbons (Fsp3) is 0.0400. The molecule has 0 spiro atoms. The molecule has 0 aliphatic carbocycles. The maximum atomic E-state index is 12.8. The van der Waals surface area contributed by atoms with Crippen molar-refractivity contribution in [1.29, 1.82) is 0 Å². The SMILES string of the molecule is O=C(Nc1ccc(OCc2ccccc2)cc1)c1cnc2[nH]cc(-c3ccoc3)c2c1. The first kappa shape index (κ1) is 18.7. The van der Waals surface area contributed by atoms with Gasteiger partial charge in [-0.15, -0.1) is 0 Å². The lowest BCUT2D eigenvalue weighted by atomic mass is 10.1. The Hall–Kier alpha value is -4.32. The Kier molecular flexibility index (Phi) is 4.94. The van der Waals surface area contributed by atoms with Crippen molar-refractivity contribution < 1.29 is 13.9 Å². The number of aromatic nitrogens is 2. The van der Waals surface area contributed by atoms with Crippen LogP contribution in [0.4, 0.5) is 5.69 Å². The third-order valence-electron chi connectivity index (χ3n) is 4.99. The highest BCUT2D eigenvalue weighted by Crippen LogP contribution is 2.28. The summed E-state index contributed by atoms with van der Waals surface area (Å²) in [5, 5.41) is 3.77. The summed E-state index contributed by atoms with van der Waals surface area (Å²) in [6.07, 6.45) is 6.70. The number of fused-ring (bicyclic) bond motifs is 1. The summed E-state index contributed by atoms with van der Waals surface area (Å²) in [6.45, 7) is 0.494. The average Bonchev–Trinajstić information content (AvgIpc) is 3.48. The Morgan fingerprint density at radius 1 is 1.06 bits per heavy atom. The number of carbonyl (C=O) groups is 1. The molecule has 0 radical (unpaired) electrons. The normalized spacial score (nSPS) is 10.8. The highest BCUT2D eigenvalue weighted by molar-refractivity contribution is 6.07. The van der Waals surface area contributed by atoms with E-state index in [2.05, 4.69) is 15.3 Å². The van der Waals surface area contributed by atoms with E-state index in [0.29, 0.717) is 23.5 Å². The van der Waals surface area contributed by atoms with Gasteiger partial charge in [0.05, 0.1) is 18.1 Å². The van der Waals surface area contributed by atoms with Gasteiger partial charge in [-0.2, -0.15) is 0 Å². The lowest BCUT2D eigenvalue weighted by Gasteiger charge is -2.09. The highest BCUT2D eigenvalue weighted by Gasteiger charge is 2.13. The zero-order chi connectivity index (χ0) is 21.0. The van der Waals surface area contributed by atoms with Gasteiger partial charge in [0.15, 0.2) is 0 Å². The number of nitrogens with zero attached hydrogens (tertiary/aromatic N) is 1. The van der Waals surface area contributed by atoms with Gasteiger partial charge in [0.25, 0.3) is 5.91 Å². The maximum absolute atomic E-state index is 12.8. The molecule has 0 aliphatic heterocycles. The van der Waals surface area contributed by atoms with Crippen LogP contribution in [0.25, 0.3) is 22.2 Å². The quantitative estimate of drug-likeness (QED) is 0.380. The van der Waals surface area contributed by atoms with E-state index < -0.39 is 0 Å². The van der Waals surface area contributed by atoms with Gasteiger partial charge < -0.3 is 19.5 Å². The number of aromatic amines is 1. The van der Waals surface area contributed by atoms with Gasteiger partial charge in [0.1, 0.15) is 18.0 Å². The molecule has 1 amide bonds. The molecular weight excluding hydrogens is 390 g/mol. The summed E-state index contributed by atoms with van der Waals surface area (Å²) in [5.74, 6) is 0.508. The van der Waals surface area contributed by atoms with Crippen molar-refractivity contribution in [2.75, 3.05) is 5.32 Å². The minimum Gasteiger partial charge on any atom is -0.489 e. The molecule has 0 fully saturated rings. The summed E-state index contributed by atoms with van der Waals surface area (Å²) in [4.78, 5) is 20.3. The van der Waals surface area contributed by atoms with E-state index in [0.717, 1.165) is 27.8 Å².